The number of aliphatic hydroxyl groups is 1. The molecule has 1 aromatic carbocycles. The number of nitrogens with one attached hydrogen (secondary N) is 1. The molecule has 0 atom stereocenters. The summed E-state index contributed by atoms with van der Waals surface area (Å²) >= 11 is 5.86. The van der Waals surface area contributed by atoms with Crippen LogP contribution in [0.1, 0.15) is 39.5 Å². The molecule has 0 spiro atoms. The maximum absolute atomic E-state index is 9.67. The summed E-state index contributed by atoms with van der Waals surface area (Å²) in [5, 5.41) is 13.9. The molecule has 0 amide bonds. The summed E-state index contributed by atoms with van der Waals surface area (Å²) in [6.45, 7) is 4.45. The molecule has 0 radical (unpaired) electrons. The lowest BCUT2D eigenvalue weighted by molar-refractivity contribution is 0.192. The van der Waals surface area contributed by atoms with Gasteiger partial charge in [-0.3, -0.25) is 0 Å². The van der Waals surface area contributed by atoms with Gasteiger partial charge in [0.15, 0.2) is 0 Å². The highest BCUT2D eigenvalue weighted by Gasteiger charge is 2.26. The monoisotopic (exact) mass is 255 g/mol. The summed E-state index contributed by atoms with van der Waals surface area (Å²) in [6, 6.07) is 7.64. The molecule has 0 fully saturated rings. The van der Waals surface area contributed by atoms with Gasteiger partial charge in [-0.2, -0.15) is 0 Å². The summed E-state index contributed by atoms with van der Waals surface area (Å²) in [5.41, 5.74) is 0.822. The Bertz CT molecular complexity index is 317. The van der Waals surface area contributed by atoms with Crippen LogP contribution in [0.3, 0.4) is 0 Å². The van der Waals surface area contributed by atoms with Crippen LogP contribution in [0.4, 0.5) is 5.69 Å². The van der Waals surface area contributed by atoms with Gasteiger partial charge >= 0.3 is 0 Å². The number of hydrogen-bond donors (Lipinski definition) is 2. The van der Waals surface area contributed by atoms with E-state index in [-0.39, 0.29) is 12.1 Å². The first kappa shape index (κ1) is 14.3. The molecule has 3 heteroatoms. The molecule has 96 valence electrons. The van der Waals surface area contributed by atoms with Crippen LogP contribution in [0.2, 0.25) is 5.02 Å². The first-order valence-electron chi connectivity index (χ1n) is 6.30. The lowest BCUT2D eigenvalue weighted by atomic mass is 9.89. The van der Waals surface area contributed by atoms with Crippen molar-refractivity contribution in [2.75, 3.05) is 11.9 Å². The number of anilines is 1. The Morgan fingerprint density at radius 2 is 1.65 bits per heavy atom. The van der Waals surface area contributed by atoms with Crippen molar-refractivity contribution in [1.82, 2.24) is 0 Å². The molecule has 0 aliphatic heterocycles. The van der Waals surface area contributed by atoms with Gasteiger partial charge in [-0.15, -0.1) is 0 Å². The number of benzene rings is 1. The molecule has 2 N–H and O–H groups in total. The molecular formula is C14H22ClNO. The zero-order valence-electron chi connectivity index (χ0n) is 10.7. The molecule has 0 aliphatic carbocycles. The Balaban J connectivity index is 2.80. The van der Waals surface area contributed by atoms with Crippen molar-refractivity contribution in [2.24, 2.45) is 0 Å². The summed E-state index contributed by atoms with van der Waals surface area (Å²) < 4.78 is 0. The lowest BCUT2D eigenvalue weighted by Gasteiger charge is -2.34. The molecule has 2 nitrogen and oxygen atoms in total. The van der Waals surface area contributed by atoms with Gasteiger partial charge in [0.05, 0.1) is 12.1 Å². The highest BCUT2D eigenvalue weighted by molar-refractivity contribution is 6.30. The van der Waals surface area contributed by atoms with Crippen molar-refractivity contribution in [3.63, 3.8) is 0 Å². The van der Waals surface area contributed by atoms with E-state index in [1.54, 1.807) is 0 Å². The third-order valence-electron chi connectivity index (χ3n) is 3.01. The van der Waals surface area contributed by atoms with Crippen LogP contribution in [0.25, 0.3) is 0 Å². The fourth-order valence-electron chi connectivity index (χ4n) is 2.24. The maximum Gasteiger partial charge on any atom is 0.0661 e. The number of aliphatic hydroxyl groups excluding tert-OH is 1. The fraction of sp³-hybridized carbons (Fsp3) is 0.571. The van der Waals surface area contributed by atoms with Gasteiger partial charge in [0.1, 0.15) is 0 Å². The van der Waals surface area contributed by atoms with Crippen molar-refractivity contribution < 1.29 is 5.11 Å². The summed E-state index contributed by atoms with van der Waals surface area (Å²) in [7, 11) is 0. The molecule has 17 heavy (non-hydrogen) atoms. The second-order valence-corrected chi connectivity index (χ2v) is 5.01. The number of rotatable bonds is 7. The molecule has 0 saturated heterocycles. The smallest absolute Gasteiger partial charge is 0.0661 e. The van der Waals surface area contributed by atoms with Gasteiger partial charge < -0.3 is 10.4 Å². The Labute approximate surface area is 109 Å². The highest BCUT2D eigenvalue weighted by atomic mass is 35.5. The third kappa shape index (κ3) is 4.21. The minimum atomic E-state index is -0.197. The average Bonchev–Trinajstić information content (AvgIpc) is 2.33. The molecule has 0 heterocycles. The number of hydrogen-bond acceptors (Lipinski definition) is 2. The van der Waals surface area contributed by atoms with E-state index in [1.165, 1.54) is 0 Å². The normalized spacial score (nSPS) is 11.5. The quantitative estimate of drug-likeness (QED) is 0.769. The Hall–Kier alpha value is -0.730. The third-order valence-corrected chi connectivity index (χ3v) is 3.27. The van der Waals surface area contributed by atoms with Crippen molar-refractivity contribution >= 4 is 17.3 Å². The van der Waals surface area contributed by atoms with Crippen LogP contribution in [0, 0.1) is 0 Å². The van der Waals surface area contributed by atoms with Gasteiger partial charge in [0.25, 0.3) is 0 Å². The van der Waals surface area contributed by atoms with Gasteiger partial charge in [-0.1, -0.05) is 38.3 Å². The molecule has 0 bridgehead atoms. The Morgan fingerprint density at radius 1 is 1.12 bits per heavy atom. The summed E-state index contributed by atoms with van der Waals surface area (Å²) in [5.74, 6) is 0. The standard InChI is InChI=1S/C14H22ClNO/c1-3-9-14(11-17,10-4-2)16-13-7-5-12(15)6-8-13/h5-8,16-17H,3-4,9-11H2,1-2H3. The predicted octanol–water partition coefficient (Wildman–Crippen LogP) is 4.08. The van der Waals surface area contributed by atoms with Gasteiger partial charge in [-0.25, -0.2) is 0 Å². The van der Waals surface area contributed by atoms with E-state index >= 15 is 0 Å². The molecule has 1 rings (SSSR count). The van der Waals surface area contributed by atoms with Crippen LogP contribution in [-0.4, -0.2) is 17.3 Å². The summed E-state index contributed by atoms with van der Waals surface area (Å²) in [6.07, 6.45) is 4.06. The second-order valence-electron chi connectivity index (χ2n) is 4.57. The summed E-state index contributed by atoms with van der Waals surface area (Å²) in [4.78, 5) is 0. The maximum atomic E-state index is 9.67. The minimum Gasteiger partial charge on any atom is -0.394 e. The van der Waals surface area contributed by atoms with E-state index in [0.717, 1.165) is 36.4 Å². The lowest BCUT2D eigenvalue weighted by Crippen LogP contribution is -2.42. The van der Waals surface area contributed by atoms with Crippen molar-refractivity contribution in [3.8, 4) is 0 Å². The molecular weight excluding hydrogens is 234 g/mol. The predicted molar refractivity (Wildman–Crippen MR) is 74.7 cm³/mol. The SMILES string of the molecule is CCCC(CO)(CCC)Nc1ccc(Cl)cc1. The first-order valence-corrected chi connectivity index (χ1v) is 6.68. The van der Waals surface area contributed by atoms with Crippen molar-refractivity contribution in [1.29, 1.82) is 0 Å². The first-order chi connectivity index (χ1) is 8.15. The van der Waals surface area contributed by atoms with Gasteiger partial charge in [-0.05, 0) is 37.1 Å². The molecule has 1 aromatic rings. The molecule has 0 saturated carbocycles. The zero-order chi connectivity index (χ0) is 12.7. The number of halogens is 1. The average molecular weight is 256 g/mol. The van der Waals surface area contributed by atoms with Gasteiger partial charge in [0.2, 0.25) is 0 Å². The van der Waals surface area contributed by atoms with Crippen LogP contribution >= 0.6 is 11.6 Å². The molecule has 0 unspecified atom stereocenters. The van der Waals surface area contributed by atoms with E-state index < -0.39 is 0 Å². The fourth-order valence-corrected chi connectivity index (χ4v) is 2.37. The molecule has 0 aromatic heterocycles. The van der Waals surface area contributed by atoms with Crippen molar-refractivity contribution in [2.45, 2.75) is 45.1 Å². The van der Waals surface area contributed by atoms with Crippen LogP contribution in [-0.2, 0) is 0 Å². The zero-order valence-corrected chi connectivity index (χ0v) is 11.4. The topological polar surface area (TPSA) is 32.3 Å². The Kier molecular flexibility index (Phi) is 5.79. The van der Waals surface area contributed by atoms with Crippen molar-refractivity contribution in [3.05, 3.63) is 29.3 Å². The Morgan fingerprint density at radius 3 is 2.06 bits per heavy atom. The minimum absolute atomic E-state index is 0.164. The molecule has 0 aliphatic rings. The second kappa shape index (κ2) is 6.87. The van der Waals surface area contributed by atoms with Crippen LogP contribution in [0.15, 0.2) is 24.3 Å². The highest BCUT2D eigenvalue weighted by Crippen LogP contribution is 2.25. The van der Waals surface area contributed by atoms with Crippen LogP contribution < -0.4 is 5.32 Å². The van der Waals surface area contributed by atoms with E-state index in [0.29, 0.717) is 0 Å². The largest absolute Gasteiger partial charge is 0.394 e. The van der Waals surface area contributed by atoms with Gasteiger partial charge in [0, 0.05) is 10.7 Å². The van der Waals surface area contributed by atoms with Crippen LogP contribution in [0.5, 0.6) is 0 Å². The van der Waals surface area contributed by atoms with E-state index in [1.807, 2.05) is 24.3 Å². The van der Waals surface area contributed by atoms with E-state index in [2.05, 4.69) is 19.2 Å². The van der Waals surface area contributed by atoms with E-state index in [4.69, 9.17) is 11.6 Å². The van der Waals surface area contributed by atoms with E-state index in [9.17, 15) is 5.11 Å².